The summed E-state index contributed by atoms with van der Waals surface area (Å²) in [6, 6.07) is 8.71. The van der Waals surface area contributed by atoms with Crippen LogP contribution in [0.25, 0.3) is 0 Å². The highest BCUT2D eigenvalue weighted by molar-refractivity contribution is 7.92. The summed E-state index contributed by atoms with van der Waals surface area (Å²) in [5, 5.41) is 0. The van der Waals surface area contributed by atoms with E-state index < -0.39 is 23.1 Å². The summed E-state index contributed by atoms with van der Waals surface area (Å²) in [6.07, 6.45) is 5.36. The zero-order valence-corrected chi connectivity index (χ0v) is 20.4. The van der Waals surface area contributed by atoms with Crippen molar-refractivity contribution in [2.75, 3.05) is 11.3 Å². The first kappa shape index (κ1) is 25.0. The van der Waals surface area contributed by atoms with Crippen molar-refractivity contribution in [3.8, 4) is 5.88 Å². The highest BCUT2D eigenvalue weighted by Crippen LogP contribution is 2.36. The molecule has 2 heterocycles. The van der Waals surface area contributed by atoms with E-state index in [4.69, 9.17) is 4.74 Å². The highest BCUT2D eigenvalue weighted by atomic mass is 32.2. The lowest BCUT2D eigenvalue weighted by molar-refractivity contribution is 0.0795. The third-order valence-corrected chi connectivity index (χ3v) is 7.76. The minimum absolute atomic E-state index is 0.158. The lowest BCUT2D eigenvalue weighted by atomic mass is 9.75. The molecule has 0 saturated carbocycles. The molecule has 1 aromatic carbocycles. The van der Waals surface area contributed by atoms with E-state index in [1.54, 1.807) is 30.6 Å². The van der Waals surface area contributed by atoms with Crippen molar-refractivity contribution in [3.05, 3.63) is 71.3 Å². The van der Waals surface area contributed by atoms with Gasteiger partial charge in [0, 0.05) is 12.3 Å². The van der Waals surface area contributed by atoms with Gasteiger partial charge in [0.2, 0.25) is 5.88 Å². The number of rotatable bonds is 9. The summed E-state index contributed by atoms with van der Waals surface area (Å²) in [4.78, 5) is 12.7. The van der Waals surface area contributed by atoms with E-state index in [1.165, 1.54) is 6.20 Å². The molecule has 0 saturated heterocycles. The van der Waals surface area contributed by atoms with Gasteiger partial charge in [-0.1, -0.05) is 26.0 Å². The van der Waals surface area contributed by atoms with Crippen molar-refractivity contribution >= 4 is 15.8 Å². The second kappa shape index (κ2) is 10.6. The predicted octanol–water partition coefficient (Wildman–Crippen LogP) is 4.79. The number of nitrogens with zero attached hydrogens (tertiary/aromatic N) is 3. The fraction of sp³-hybridized carbons (Fsp3) is 0.400. The SMILES string of the molecule is CCc1cnc(NS(=O)(=O)c2ccc3c(c2)CC([C@H](C)c2ccc(OCC(F)F)nc2)CC3)cn1. The number of anilines is 1. The van der Waals surface area contributed by atoms with Gasteiger partial charge in [0.05, 0.1) is 23.0 Å². The monoisotopic (exact) mass is 502 g/mol. The van der Waals surface area contributed by atoms with E-state index in [0.29, 0.717) is 0 Å². The average molecular weight is 503 g/mol. The Morgan fingerprint density at radius 3 is 2.57 bits per heavy atom. The molecule has 35 heavy (non-hydrogen) atoms. The van der Waals surface area contributed by atoms with Gasteiger partial charge in [0.15, 0.2) is 12.4 Å². The standard InChI is InChI=1S/C25H28F2N4O3S/c1-3-21-13-29-24(14-28-21)31-35(32,33)22-8-6-17-4-5-18(10-20(17)11-22)16(2)19-7-9-25(30-12-19)34-15-23(26)27/h6-9,11-14,16,18,23H,3-5,10,15H2,1-2H3,(H,29,31)/t16-,18?/m0/s1. The van der Waals surface area contributed by atoms with Crippen molar-refractivity contribution < 1.29 is 21.9 Å². The fourth-order valence-electron chi connectivity index (χ4n) is 4.31. The van der Waals surface area contributed by atoms with Gasteiger partial charge in [0.25, 0.3) is 16.4 Å². The molecule has 0 aliphatic heterocycles. The maximum atomic E-state index is 13.0. The summed E-state index contributed by atoms with van der Waals surface area (Å²) in [7, 11) is -3.80. The van der Waals surface area contributed by atoms with Crippen molar-refractivity contribution in [2.45, 2.75) is 56.8 Å². The molecule has 3 aromatic rings. The maximum absolute atomic E-state index is 13.0. The number of nitrogens with one attached hydrogen (secondary N) is 1. The van der Waals surface area contributed by atoms with Crippen molar-refractivity contribution in [1.29, 1.82) is 0 Å². The molecular formula is C25H28F2N4O3S. The Labute approximate surface area is 204 Å². The van der Waals surface area contributed by atoms with Gasteiger partial charge >= 0.3 is 0 Å². The van der Waals surface area contributed by atoms with Gasteiger partial charge in [-0.3, -0.25) is 9.71 Å². The predicted molar refractivity (Wildman–Crippen MR) is 128 cm³/mol. The number of ether oxygens (including phenoxy) is 1. The molecule has 0 fully saturated rings. The van der Waals surface area contributed by atoms with Crippen molar-refractivity contribution in [3.63, 3.8) is 0 Å². The van der Waals surface area contributed by atoms with Crippen LogP contribution in [0.4, 0.5) is 14.6 Å². The van der Waals surface area contributed by atoms with Crippen LogP contribution in [0.15, 0.2) is 53.8 Å². The first-order valence-corrected chi connectivity index (χ1v) is 13.1. The first-order valence-electron chi connectivity index (χ1n) is 11.6. The summed E-state index contributed by atoms with van der Waals surface area (Å²) in [6.45, 7) is 3.37. The van der Waals surface area contributed by atoms with Crippen LogP contribution in [0.5, 0.6) is 5.88 Å². The van der Waals surface area contributed by atoms with Crippen LogP contribution in [0, 0.1) is 5.92 Å². The minimum atomic E-state index is -3.80. The molecule has 4 rings (SSSR count). The summed E-state index contributed by atoms with van der Waals surface area (Å²) < 4.78 is 58.0. The molecule has 1 aliphatic rings. The van der Waals surface area contributed by atoms with Gasteiger partial charge < -0.3 is 4.74 Å². The number of benzene rings is 1. The number of halogens is 2. The number of hydrogen-bond acceptors (Lipinski definition) is 6. The number of pyridine rings is 1. The van der Waals surface area contributed by atoms with Gasteiger partial charge in [-0.25, -0.2) is 27.2 Å². The average Bonchev–Trinajstić information content (AvgIpc) is 2.87. The molecule has 1 unspecified atom stereocenters. The molecule has 0 spiro atoms. The Hall–Kier alpha value is -3.14. The quantitative estimate of drug-likeness (QED) is 0.452. The molecule has 186 valence electrons. The van der Waals surface area contributed by atoms with E-state index in [2.05, 4.69) is 26.6 Å². The Kier molecular flexibility index (Phi) is 7.59. The van der Waals surface area contributed by atoms with Gasteiger partial charge in [-0.15, -0.1) is 0 Å². The topological polar surface area (TPSA) is 94.1 Å². The van der Waals surface area contributed by atoms with E-state index in [1.807, 2.05) is 19.1 Å². The van der Waals surface area contributed by atoms with Crippen LogP contribution in [0.2, 0.25) is 0 Å². The number of aryl methyl sites for hydroxylation is 2. The molecule has 2 atom stereocenters. The van der Waals surface area contributed by atoms with Gasteiger partial charge in [0.1, 0.15) is 0 Å². The van der Waals surface area contributed by atoms with Crippen LogP contribution >= 0.6 is 0 Å². The minimum Gasteiger partial charge on any atom is -0.472 e. The Morgan fingerprint density at radius 2 is 1.91 bits per heavy atom. The van der Waals surface area contributed by atoms with Crippen molar-refractivity contribution in [2.24, 2.45) is 5.92 Å². The van der Waals surface area contributed by atoms with Crippen LogP contribution in [0.1, 0.15) is 48.6 Å². The number of hydrogen-bond donors (Lipinski definition) is 1. The summed E-state index contributed by atoms with van der Waals surface area (Å²) in [5.74, 6) is 0.799. The maximum Gasteiger partial charge on any atom is 0.272 e. The van der Waals surface area contributed by atoms with Gasteiger partial charge in [-0.05, 0) is 66.3 Å². The largest absolute Gasteiger partial charge is 0.472 e. The number of alkyl halides is 2. The fourth-order valence-corrected chi connectivity index (χ4v) is 5.35. The van der Waals surface area contributed by atoms with Crippen molar-refractivity contribution in [1.82, 2.24) is 15.0 Å². The Morgan fingerprint density at radius 1 is 1.09 bits per heavy atom. The third-order valence-electron chi connectivity index (χ3n) is 6.41. The zero-order chi connectivity index (χ0) is 25.0. The Balaban J connectivity index is 1.46. The first-order chi connectivity index (χ1) is 16.7. The lowest BCUT2D eigenvalue weighted by Gasteiger charge is -2.30. The molecule has 1 N–H and O–H groups in total. The van der Waals surface area contributed by atoms with Crippen LogP contribution < -0.4 is 9.46 Å². The van der Waals surface area contributed by atoms with Crippen LogP contribution in [-0.4, -0.2) is 36.4 Å². The van der Waals surface area contributed by atoms with Crippen LogP contribution in [0.3, 0.4) is 0 Å². The molecule has 0 bridgehead atoms. The molecule has 0 amide bonds. The van der Waals surface area contributed by atoms with Gasteiger partial charge in [-0.2, -0.15) is 0 Å². The molecular weight excluding hydrogens is 474 g/mol. The molecule has 2 aromatic heterocycles. The smallest absolute Gasteiger partial charge is 0.272 e. The van der Waals surface area contributed by atoms with E-state index in [-0.39, 0.29) is 28.4 Å². The molecule has 0 radical (unpaired) electrons. The molecule has 1 aliphatic carbocycles. The second-order valence-electron chi connectivity index (χ2n) is 8.71. The number of aromatic nitrogens is 3. The second-order valence-corrected chi connectivity index (χ2v) is 10.4. The molecule has 10 heteroatoms. The number of fused-ring (bicyclic) bond motifs is 1. The molecule has 7 nitrogen and oxygen atoms in total. The Bertz CT molecular complexity index is 1250. The van der Waals surface area contributed by atoms with E-state index in [0.717, 1.165) is 48.1 Å². The lowest BCUT2D eigenvalue weighted by Crippen LogP contribution is -2.21. The zero-order valence-electron chi connectivity index (χ0n) is 19.6. The normalized spacial score (nSPS) is 16.5. The third kappa shape index (κ3) is 6.11. The van der Waals surface area contributed by atoms with E-state index in [9.17, 15) is 17.2 Å². The summed E-state index contributed by atoms with van der Waals surface area (Å²) in [5.41, 5.74) is 3.93. The van der Waals surface area contributed by atoms with Crippen LogP contribution in [-0.2, 0) is 29.3 Å². The summed E-state index contributed by atoms with van der Waals surface area (Å²) >= 11 is 0. The van der Waals surface area contributed by atoms with E-state index >= 15 is 0 Å². The number of sulfonamides is 1. The highest BCUT2D eigenvalue weighted by Gasteiger charge is 2.26.